The normalized spacial score (nSPS) is 12.5. The van der Waals surface area contributed by atoms with Crippen LogP contribution in [0.4, 0.5) is 5.69 Å². The van der Waals surface area contributed by atoms with Crippen LogP contribution in [-0.2, 0) is 0 Å². The third-order valence-corrected chi connectivity index (χ3v) is 2.12. The van der Waals surface area contributed by atoms with Gasteiger partial charge in [0.05, 0.1) is 11.1 Å². The minimum absolute atomic E-state index is 0.0660. The second kappa shape index (κ2) is 4.17. The van der Waals surface area contributed by atoms with Gasteiger partial charge in [0.1, 0.15) is 0 Å². The molecular weight excluding hydrogens is 182 g/mol. The van der Waals surface area contributed by atoms with Gasteiger partial charge in [-0.15, -0.1) is 0 Å². The van der Waals surface area contributed by atoms with Gasteiger partial charge in [0.25, 0.3) is 5.69 Å². The molecule has 0 fully saturated rings. The molecule has 1 unspecified atom stereocenters. The van der Waals surface area contributed by atoms with Crippen molar-refractivity contribution < 1.29 is 4.92 Å². The second-order valence-electron chi connectivity index (χ2n) is 3.06. The Morgan fingerprint density at radius 2 is 2.21 bits per heavy atom. The Kier molecular flexibility index (Phi) is 3.16. The molecule has 3 N–H and O–H groups in total. The fourth-order valence-corrected chi connectivity index (χ4v) is 1.23. The van der Waals surface area contributed by atoms with Crippen LogP contribution in [0.25, 0.3) is 0 Å². The average Bonchev–Trinajstić information content (AvgIpc) is 2.17. The van der Waals surface area contributed by atoms with Crippen LogP contribution < -0.4 is 11.1 Å². The van der Waals surface area contributed by atoms with E-state index in [1.807, 2.05) is 6.92 Å². The number of nitro groups is 1. The number of non-ortho nitro benzene ring substituents is 1. The Bertz CT molecular complexity index is 352. The van der Waals surface area contributed by atoms with E-state index in [9.17, 15) is 10.1 Å². The lowest BCUT2D eigenvalue weighted by Gasteiger charge is -2.12. The van der Waals surface area contributed by atoms with E-state index in [2.05, 4.69) is 5.32 Å². The maximum Gasteiger partial charge on any atom is 0.269 e. The fourth-order valence-electron chi connectivity index (χ4n) is 1.23. The summed E-state index contributed by atoms with van der Waals surface area (Å²) in [6.45, 7) is 1.87. The zero-order chi connectivity index (χ0) is 10.7. The van der Waals surface area contributed by atoms with Crippen molar-refractivity contribution in [3.05, 3.63) is 39.4 Å². The molecule has 0 aromatic heterocycles. The molecule has 1 rings (SSSR count). The van der Waals surface area contributed by atoms with Crippen LogP contribution in [0.15, 0.2) is 18.2 Å². The van der Waals surface area contributed by atoms with Crippen LogP contribution in [0.1, 0.15) is 17.3 Å². The minimum Gasteiger partial charge on any atom is -0.312 e. The van der Waals surface area contributed by atoms with Gasteiger partial charge in [-0.25, -0.2) is 0 Å². The van der Waals surface area contributed by atoms with Crippen molar-refractivity contribution in [3.8, 4) is 0 Å². The third kappa shape index (κ3) is 2.07. The highest BCUT2D eigenvalue weighted by Crippen LogP contribution is 2.20. The van der Waals surface area contributed by atoms with E-state index < -0.39 is 4.92 Å². The second-order valence-corrected chi connectivity index (χ2v) is 3.06. The molecule has 0 saturated heterocycles. The Morgan fingerprint density at radius 3 is 2.71 bits per heavy atom. The number of hydrogen-bond acceptors (Lipinski definition) is 4. The van der Waals surface area contributed by atoms with Crippen LogP contribution in [0, 0.1) is 17.0 Å². The monoisotopic (exact) mass is 195 g/mol. The Hall–Kier alpha value is -1.46. The zero-order valence-corrected chi connectivity index (χ0v) is 8.15. The zero-order valence-electron chi connectivity index (χ0n) is 8.15. The van der Waals surface area contributed by atoms with E-state index >= 15 is 0 Å². The number of nitrogens with zero attached hydrogens (tertiary/aromatic N) is 1. The number of aryl methyl sites for hydroxylation is 1. The van der Waals surface area contributed by atoms with Crippen LogP contribution in [0.5, 0.6) is 0 Å². The average molecular weight is 195 g/mol. The van der Waals surface area contributed by atoms with Crippen molar-refractivity contribution in [2.24, 2.45) is 5.73 Å². The first-order valence-electron chi connectivity index (χ1n) is 4.24. The molecule has 1 aromatic rings. The molecule has 0 aliphatic rings. The maximum absolute atomic E-state index is 10.5. The fraction of sp³-hybridized carbons (Fsp3) is 0.333. The van der Waals surface area contributed by atoms with Crippen molar-refractivity contribution in [1.29, 1.82) is 0 Å². The summed E-state index contributed by atoms with van der Waals surface area (Å²) >= 11 is 0. The van der Waals surface area contributed by atoms with Crippen LogP contribution >= 0.6 is 0 Å². The summed E-state index contributed by atoms with van der Waals surface area (Å²) < 4.78 is 0. The van der Waals surface area contributed by atoms with Crippen LogP contribution in [0.2, 0.25) is 0 Å². The molecular formula is C9H13N3O2. The molecule has 5 nitrogen and oxygen atoms in total. The van der Waals surface area contributed by atoms with Gasteiger partial charge in [-0.1, -0.05) is 6.07 Å². The molecule has 0 aliphatic carbocycles. The van der Waals surface area contributed by atoms with E-state index in [4.69, 9.17) is 5.73 Å². The molecule has 0 aliphatic heterocycles. The molecule has 14 heavy (non-hydrogen) atoms. The van der Waals surface area contributed by atoms with Gasteiger partial charge in [0, 0.05) is 12.1 Å². The van der Waals surface area contributed by atoms with E-state index in [0.29, 0.717) is 0 Å². The topological polar surface area (TPSA) is 81.2 Å². The van der Waals surface area contributed by atoms with E-state index in [-0.39, 0.29) is 11.9 Å². The SMILES string of the molecule is CNC(N)c1cc([N+](=O)[O-])ccc1C. The van der Waals surface area contributed by atoms with Crippen molar-refractivity contribution in [3.63, 3.8) is 0 Å². The predicted octanol–water partition coefficient (Wildman–Crippen LogP) is 1.08. The Balaban J connectivity index is 3.14. The summed E-state index contributed by atoms with van der Waals surface area (Å²) in [4.78, 5) is 10.1. The molecule has 76 valence electrons. The predicted molar refractivity (Wildman–Crippen MR) is 53.8 cm³/mol. The lowest BCUT2D eigenvalue weighted by atomic mass is 10.1. The Labute approximate surface area is 82.1 Å². The molecule has 0 radical (unpaired) electrons. The van der Waals surface area contributed by atoms with Gasteiger partial charge in [-0.05, 0) is 25.1 Å². The number of nitrogens with one attached hydrogen (secondary N) is 1. The molecule has 0 amide bonds. The van der Waals surface area contributed by atoms with Crippen molar-refractivity contribution in [1.82, 2.24) is 5.32 Å². The van der Waals surface area contributed by atoms with E-state index in [0.717, 1.165) is 11.1 Å². The number of nitro benzene ring substituents is 1. The summed E-state index contributed by atoms with van der Waals surface area (Å²) in [7, 11) is 1.71. The first-order valence-corrected chi connectivity index (χ1v) is 4.24. The van der Waals surface area contributed by atoms with Crippen molar-refractivity contribution >= 4 is 5.69 Å². The van der Waals surface area contributed by atoms with E-state index in [1.165, 1.54) is 12.1 Å². The van der Waals surface area contributed by atoms with Crippen LogP contribution in [0.3, 0.4) is 0 Å². The van der Waals surface area contributed by atoms with Gasteiger partial charge >= 0.3 is 0 Å². The summed E-state index contributed by atoms with van der Waals surface area (Å²) in [5.74, 6) is 0. The highest BCUT2D eigenvalue weighted by molar-refractivity contribution is 5.40. The van der Waals surface area contributed by atoms with Gasteiger partial charge < -0.3 is 11.1 Å². The van der Waals surface area contributed by atoms with Gasteiger partial charge in [0.15, 0.2) is 0 Å². The van der Waals surface area contributed by atoms with Crippen molar-refractivity contribution in [2.75, 3.05) is 7.05 Å². The van der Waals surface area contributed by atoms with Crippen molar-refractivity contribution in [2.45, 2.75) is 13.1 Å². The number of nitrogens with two attached hydrogens (primary N) is 1. The third-order valence-electron chi connectivity index (χ3n) is 2.12. The minimum atomic E-state index is -0.425. The smallest absolute Gasteiger partial charge is 0.269 e. The highest BCUT2D eigenvalue weighted by atomic mass is 16.6. The largest absolute Gasteiger partial charge is 0.312 e. The molecule has 5 heteroatoms. The quantitative estimate of drug-likeness (QED) is 0.429. The molecule has 0 saturated carbocycles. The molecule has 1 atom stereocenters. The number of rotatable bonds is 3. The van der Waals surface area contributed by atoms with Gasteiger partial charge in [-0.2, -0.15) is 0 Å². The first-order chi connectivity index (χ1) is 6.56. The standard InChI is InChI=1S/C9H13N3O2/c1-6-3-4-7(12(13)14)5-8(6)9(10)11-2/h3-5,9,11H,10H2,1-2H3. The first kappa shape index (κ1) is 10.6. The summed E-state index contributed by atoms with van der Waals surface area (Å²) in [5.41, 5.74) is 7.49. The maximum atomic E-state index is 10.5. The van der Waals surface area contributed by atoms with Gasteiger partial charge in [-0.3, -0.25) is 10.1 Å². The summed E-state index contributed by atoms with van der Waals surface area (Å²) in [6.07, 6.45) is -0.366. The van der Waals surface area contributed by atoms with E-state index in [1.54, 1.807) is 13.1 Å². The van der Waals surface area contributed by atoms with Crippen LogP contribution in [-0.4, -0.2) is 12.0 Å². The Morgan fingerprint density at radius 1 is 1.57 bits per heavy atom. The number of benzene rings is 1. The molecule has 1 aromatic carbocycles. The number of hydrogen-bond donors (Lipinski definition) is 2. The molecule has 0 heterocycles. The summed E-state index contributed by atoms with van der Waals surface area (Å²) in [6, 6.07) is 4.67. The lowest BCUT2D eigenvalue weighted by Crippen LogP contribution is -2.25. The lowest BCUT2D eigenvalue weighted by molar-refractivity contribution is -0.384. The highest BCUT2D eigenvalue weighted by Gasteiger charge is 2.12. The summed E-state index contributed by atoms with van der Waals surface area (Å²) in [5, 5.41) is 13.4. The van der Waals surface area contributed by atoms with Gasteiger partial charge in [0.2, 0.25) is 0 Å². The molecule has 0 spiro atoms. The molecule has 0 bridgehead atoms.